The summed E-state index contributed by atoms with van der Waals surface area (Å²) in [5.41, 5.74) is 0.877. The van der Waals surface area contributed by atoms with Gasteiger partial charge in [0, 0.05) is 37.6 Å². The van der Waals surface area contributed by atoms with Gasteiger partial charge in [-0.1, -0.05) is 6.92 Å². The Kier molecular flexibility index (Phi) is 6.35. The molecule has 0 atom stereocenters. The summed E-state index contributed by atoms with van der Waals surface area (Å²) in [6.45, 7) is 3.14. The zero-order valence-electron chi connectivity index (χ0n) is 17.3. The van der Waals surface area contributed by atoms with Gasteiger partial charge in [0.05, 0.1) is 9.79 Å². The molecule has 1 aliphatic rings. The monoisotopic (exact) mass is 450 g/mol. The number of amides is 1. The Morgan fingerprint density at radius 1 is 0.900 bits per heavy atom. The van der Waals surface area contributed by atoms with Crippen molar-refractivity contribution in [2.75, 3.05) is 31.3 Å². The van der Waals surface area contributed by atoms with Crippen LogP contribution in [0.5, 0.6) is 0 Å². The molecule has 0 N–H and O–H groups in total. The zero-order chi connectivity index (χ0) is 22.1. The molecule has 0 saturated carbocycles. The molecule has 1 aliphatic heterocycles. The van der Waals surface area contributed by atoms with E-state index in [1.165, 1.54) is 45.6 Å². The van der Waals surface area contributed by atoms with Crippen LogP contribution in [0.25, 0.3) is 0 Å². The summed E-state index contributed by atoms with van der Waals surface area (Å²) in [5.74, 6) is 0.205. The van der Waals surface area contributed by atoms with Crippen LogP contribution >= 0.6 is 0 Å². The van der Waals surface area contributed by atoms with Crippen LogP contribution in [-0.2, 0) is 19.9 Å². The number of hydrogen-bond acceptors (Lipinski definition) is 5. The number of carbonyl (C=O) groups is 1. The fraction of sp³-hybridized carbons (Fsp3) is 0.381. The summed E-state index contributed by atoms with van der Waals surface area (Å²) >= 11 is 0. The molecule has 0 spiro atoms. The van der Waals surface area contributed by atoms with Crippen molar-refractivity contribution < 1.29 is 21.6 Å². The molecule has 0 aromatic heterocycles. The van der Waals surface area contributed by atoms with E-state index in [1.807, 2.05) is 0 Å². The van der Waals surface area contributed by atoms with Crippen molar-refractivity contribution in [1.82, 2.24) is 4.31 Å². The Hall–Kier alpha value is -2.23. The second-order valence-electron chi connectivity index (χ2n) is 7.74. The number of benzene rings is 2. The molecule has 2 aromatic rings. The van der Waals surface area contributed by atoms with Crippen LogP contribution in [0.1, 0.15) is 30.1 Å². The van der Waals surface area contributed by atoms with Gasteiger partial charge in [-0.05, 0) is 67.3 Å². The first-order chi connectivity index (χ1) is 14.0. The summed E-state index contributed by atoms with van der Waals surface area (Å²) in [5, 5.41) is 0. The number of piperidine rings is 1. The maximum absolute atomic E-state index is 12.8. The number of sulfone groups is 1. The van der Waals surface area contributed by atoms with Gasteiger partial charge < -0.3 is 4.90 Å². The van der Waals surface area contributed by atoms with Crippen molar-refractivity contribution in [1.29, 1.82) is 0 Å². The van der Waals surface area contributed by atoms with Gasteiger partial charge in [-0.3, -0.25) is 4.79 Å². The lowest BCUT2D eigenvalue weighted by atomic mass is 10.0. The highest BCUT2D eigenvalue weighted by Crippen LogP contribution is 2.24. The first-order valence-corrected chi connectivity index (χ1v) is 13.0. The molecule has 1 amide bonds. The largest absolute Gasteiger partial charge is 0.311 e. The van der Waals surface area contributed by atoms with Gasteiger partial charge in [0.15, 0.2) is 9.84 Å². The molecule has 2 aromatic carbocycles. The molecule has 162 valence electrons. The number of nitrogens with zero attached hydrogens (tertiary/aromatic N) is 2. The minimum atomic E-state index is -3.57. The van der Waals surface area contributed by atoms with Gasteiger partial charge in [0.25, 0.3) is 5.91 Å². The topological polar surface area (TPSA) is 91.8 Å². The standard InChI is InChI=1S/C21H26N2O5S2/c1-16-12-14-23(15-13-16)30(27,28)20-8-4-17(5-9-20)21(24)22(2)18-6-10-19(11-7-18)29(3,25)26/h4-11,16H,12-15H2,1-3H3. The average Bonchev–Trinajstić information content (AvgIpc) is 2.72. The van der Waals surface area contributed by atoms with Gasteiger partial charge in [-0.2, -0.15) is 4.31 Å². The van der Waals surface area contributed by atoms with Gasteiger partial charge in [-0.15, -0.1) is 0 Å². The van der Waals surface area contributed by atoms with Crippen LogP contribution < -0.4 is 4.90 Å². The number of hydrogen-bond donors (Lipinski definition) is 0. The maximum Gasteiger partial charge on any atom is 0.258 e. The fourth-order valence-electron chi connectivity index (χ4n) is 3.37. The van der Waals surface area contributed by atoms with E-state index in [-0.39, 0.29) is 15.7 Å². The van der Waals surface area contributed by atoms with Crippen LogP contribution in [0.2, 0.25) is 0 Å². The number of sulfonamides is 1. The average molecular weight is 451 g/mol. The first-order valence-electron chi connectivity index (χ1n) is 9.68. The third-order valence-corrected chi connectivity index (χ3v) is 8.48. The Morgan fingerprint density at radius 3 is 1.90 bits per heavy atom. The number of rotatable bonds is 5. The van der Waals surface area contributed by atoms with Gasteiger partial charge in [0.2, 0.25) is 10.0 Å². The van der Waals surface area contributed by atoms with Gasteiger partial charge >= 0.3 is 0 Å². The minimum absolute atomic E-state index is 0.175. The van der Waals surface area contributed by atoms with E-state index in [1.54, 1.807) is 19.2 Å². The summed E-state index contributed by atoms with van der Waals surface area (Å²) in [6, 6.07) is 11.9. The van der Waals surface area contributed by atoms with Crippen molar-refractivity contribution in [2.45, 2.75) is 29.6 Å². The molecular formula is C21H26N2O5S2. The van der Waals surface area contributed by atoms with E-state index in [4.69, 9.17) is 0 Å². The Labute approximate surface area is 178 Å². The van der Waals surface area contributed by atoms with Crippen molar-refractivity contribution in [3.63, 3.8) is 0 Å². The van der Waals surface area contributed by atoms with E-state index in [9.17, 15) is 21.6 Å². The predicted octanol–water partition coefficient (Wildman–Crippen LogP) is 2.79. The first kappa shape index (κ1) is 22.5. The molecule has 1 heterocycles. The fourth-order valence-corrected chi connectivity index (χ4v) is 5.47. The highest BCUT2D eigenvalue weighted by atomic mass is 32.2. The number of anilines is 1. The van der Waals surface area contributed by atoms with Crippen LogP contribution in [0, 0.1) is 5.92 Å². The van der Waals surface area contributed by atoms with Crippen molar-refractivity contribution >= 4 is 31.5 Å². The molecule has 0 aliphatic carbocycles. The molecule has 30 heavy (non-hydrogen) atoms. The molecule has 3 rings (SSSR count). The highest BCUT2D eigenvalue weighted by Gasteiger charge is 2.28. The Morgan fingerprint density at radius 2 is 1.40 bits per heavy atom. The van der Waals surface area contributed by atoms with E-state index in [0.29, 0.717) is 30.3 Å². The van der Waals surface area contributed by atoms with Crippen LogP contribution in [-0.4, -0.2) is 53.4 Å². The van der Waals surface area contributed by atoms with E-state index >= 15 is 0 Å². The van der Waals surface area contributed by atoms with Crippen molar-refractivity contribution in [2.24, 2.45) is 5.92 Å². The minimum Gasteiger partial charge on any atom is -0.311 e. The lowest BCUT2D eigenvalue weighted by Gasteiger charge is -2.29. The lowest BCUT2D eigenvalue weighted by Crippen LogP contribution is -2.37. The molecule has 7 nitrogen and oxygen atoms in total. The molecule has 0 radical (unpaired) electrons. The molecule has 1 saturated heterocycles. The normalized spacial score (nSPS) is 16.4. The van der Waals surface area contributed by atoms with Crippen LogP contribution in [0.4, 0.5) is 5.69 Å². The summed E-state index contributed by atoms with van der Waals surface area (Å²) in [6.07, 6.45) is 2.81. The van der Waals surface area contributed by atoms with E-state index < -0.39 is 19.9 Å². The number of carbonyl (C=O) groups excluding carboxylic acids is 1. The zero-order valence-corrected chi connectivity index (χ0v) is 18.9. The second-order valence-corrected chi connectivity index (χ2v) is 11.7. The summed E-state index contributed by atoms with van der Waals surface area (Å²) in [7, 11) is -5.30. The molecule has 0 unspecified atom stereocenters. The molecular weight excluding hydrogens is 424 g/mol. The van der Waals surface area contributed by atoms with Gasteiger partial charge in [0.1, 0.15) is 0 Å². The van der Waals surface area contributed by atoms with Crippen LogP contribution in [0.15, 0.2) is 58.3 Å². The Bertz CT molecular complexity index is 1120. The third kappa shape index (κ3) is 4.74. The SMILES string of the molecule is CC1CCN(S(=O)(=O)c2ccc(C(=O)N(C)c3ccc(S(C)(=O)=O)cc3)cc2)CC1. The maximum atomic E-state index is 12.8. The molecule has 0 bridgehead atoms. The van der Waals surface area contributed by atoms with E-state index in [2.05, 4.69) is 6.92 Å². The molecule has 9 heteroatoms. The predicted molar refractivity (Wildman–Crippen MR) is 116 cm³/mol. The highest BCUT2D eigenvalue weighted by molar-refractivity contribution is 7.90. The van der Waals surface area contributed by atoms with Crippen molar-refractivity contribution in [3.05, 3.63) is 54.1 Å². The third-order valence-electron chi connectivity index (χ3n) is 5.44. The quantitative estimate of drug-likeness (QED) is 0.699. The molecule has 1 fully saturated rings. The second kappa shape index (κ2) is 8.49. The summed E-state index contributed by atoms with van der Waals surface area (Å²) < 4.78 is 50.3. The van der Waals surface area contributed by atoms with Crippen molar-refractivity contribution in [3.8, 4) is 0 Å². The van der Waals surface area contributed by atoms with E-state index in [0.717, 1.165) is 19.1 Å². The smallest absolute Gasteiger partial charge is 0.258 e. The van der Waals surface area contributed by atoms with Gasteiger partial charge in [-0.25, -0.2) is 16.8 Å². The lowest BCUT2D eigenvalue weighted by molar-refractivity contribution is 0.0993. The summed E-state index contributed by atoms with van der Waals surface area (Å²) in [4.78, 5) is 14.5. The Balaban J connectivity index is 1.76. The van der Waals surface area contributed by atoms with Crippen LogP contribution in [0.3, 0.4) is 0 Å².